The molecule has 1 aromatic rings. The summed E-state index contributed by atoms with van der Waals surface area (Å²) in [5, 5.41) is 13.6. The zero-order valence-corrected chi connectivity index (χ0v) is 14.7. The fourth-order valence-corrected chi connectivity index (χ4v) is 3.60. The third-order valence-corrected chi connectivity index (χ3v) is 4.92. The van der Waals surface area contributed by atoms with Crippen molar-refractivity contribution in [2.75, 3.05) is 32.7 Å². The number of rotatable bonds is 5. The Balaban J connectivity index is 1.63. The number of benzene rings is 1. The number of fused-ring (bicyclic) bond motifs is 1. The van der Waals surface area contributed by atoms with Crippen molar-refractivity contribution < 1.29 is 19.3 Å². The number of ketones is 2. The van der Waals surface area contributed by atoms with Crippen LogP contribution < -0.4 is 9.97 Å². The third kappa shape index (κ3) is 4.48. The number of nitrogens with one attached hydrogen (secondary N) is 1. The van der Waals surface area contributed by atoms with Gasteiger partial charge in [-0.3, -0.25) is 14.5 Å². The summed E-state index contributed by atoms with van der Waals surface area (Å²) in [5.74, 6) is 0.228. The summed E-state index contributed by atoms with van der Waals surface area (Å²) in [7, 11) is -1.05. The summed E-state index contributed by atoms with van der Waals surface area (Å²) >= 11 is 0. The average Bonchev–Trinajstić information content (AvgIpc) is 2.83. The van der Waals surface area contributed by atoms with Crippen LogP contribution in [0, 0.1) is 0 Å². The standard InChI is InChI=1S/C18H25BN2O4/c1-13(22)17-5-2-4-14-10-15(19(24)25-18(14)17)11-16(23)12-21-8-3-6-20-7-9-21/h2,4-5,15,20,24H,3,6-12H2,1H3/t15-/m1/s1. The first-order valence-electron chi connectivity index (χ1n) is 8.97. The topological polar surface area (TPSA) is 78.9 Å². The van der Waals surface area contributed by atoms with Gasteiger partial charge in [0.15, 0.2) is 5.78 Å². The van der Waals surface area contributed by atoms with E-state index in [9.17, 15) is 14.6 Å². The van der Waals surface area contributed by atoms with Crippen LogP contribution >= 0.6 is 0 Å². The molecule has 0 bridgehead atoms. The van der Waals surface area contributed by atoms with Crippen LogP contribution in [-0.2, 0) is 11.2 Å². The predicted molar refractivity (Wildman–Crippen MR) is 96.1 cm³/mol. The molecule has 2 aliphatic heterocycles. The van der Waals surface area contributed by atoms with Crippen molar-refractivity contribution in [3.63, 3.8) is 0 Å². The molecule has 0 aliphatic carbocycles. The second kappa shape index (κ2) is 8.12. The number of para-hydroxylation sites is 1. The first-order valence-corrected chi connectivity index (χ1v) is 8.97. The van der Waals surface area contributed by atoms with Gasteiger partial charge >= 0.3 is 7.12 Å². The highest BCUT2D eigenvalue weighted by Crippen LogP contribution is 2.36. The van der Waals surface area contributed by atoms with Crippen molar-refractivity contribution >= 4 is 18.7 Å². The highest BCUT2D eigenvalue weighted by atomic mass is 16.5. The quantitative estimate of drug-likeness (QED) is 0.611. The minimum atomic E-state index is -1.05. The van der Waals surface area contributed by atoms with Crippen LogP contribution in [0.4, 0.5) is 0 Å². The molecule has 0 spiro atoms. The van der Waals surface area contributed by atoms with Crippen LogP contribution in [0.25, 0.3) is 0 Å². The van der Waals surface area contributed by atoms with E-state index < -0.39 is 7.12 Å². The van der Waals surface area contributed by atoms with Gasteiger partial charge in [0, 0.05) is 25.3 Å². The van der Waals surface area contributed by atoms with Crippen molar-refractivity contribution in [1.29, 1.82) is 0 Å². The minimum absolute atomic E-state index is 0.0895. The maximum absolute atomic E-state index is 12.4. The van der Waals surface area contributed by atoms with E-state index in [1.165, 1.54) is 6.92 Å². The van der Waals surface area contributed by atoms with E-state index in [1.807, 2.05) is 12.1 Å². The van der Waals surface area contributed by atoms with Crippen LogP contribution in [0.3, 0.4) is 0 Å². The van der Waals surface area contributed by atoms with Gasteiger partial charge in [-0.25, -0.2) is 0 Å². The maximum Gasteiger partial charge on any atom is 0.526 e. The SMILES string of the molecule is CC(=O)c1cccc2c1OB(O)[C@@H](CC(=O)CN1CCCNCC1)C2. The molecule has 2 N–H and O–H groups in total. The molecule has 0 aromatic heterocycles. The van der Waals surface area contributed by atoms with Crippen LogP contribution in [0.2, 0.25) is 5.82 Å². The third-order valence-electron chi connectivity index (χ3n) is 4.92. The monoisotopic (exact) mass is 344 g/mol. The van der Waals surface area contributed by atoms with Crippen molar-refractivity contribution in [2.45, 2.75) is 32.0 Å². The molecule has 1 atom stereocenters. The molecular formula is C18H25BN2O4. The van der Waals surface area contributed by atoms with Gasteiger partial charge < -0.3 is 15.0 Å². The lowest BCUT2D eigenvalue weighted by Gasteiger charge is -2.29. The Labute approximate surface area is 148 Å². The lowest BCUT2D eigenvalue weighted by Crippen LogP contribution is -2.38. The van der Waals surface area contributed by atoms with Crippen LogP contribution in [0.1, 0.15) is 35.7 Å². The van der Waals surface area contributed by atoms with Crippen LogP contribution in [0.15, 0.2) is 18.2 Å². The summed E-state index contributed by atoms with van der Waals surface area (Å²) in [6.45, 7) is 5.61. The van der Waals surface area contributed by atoms with E-state index in [-0.39, 0.29) is 23.8 Å². The van der Waals surface area contributed by atoms with Gasteiger partial charge in [0.25, 0.3) is 0 Å². The van der Waals surface area contributed by atoms with Gasteiger partial charge in [0.2, 0.25) is 0 Å². The molecule has 0 radical (unpaired) electrons. The highest BCUT2D eigenvalue weighted by Gasteiger charge is 2.37. The molecule has 1 fully saturated rings. The Kier molecular flexibility index (Phi) is 5.88. The lowest BCUT2D eigenvalue weighted by molar-refractivity contribution is -0.120. The van der Waals surface area contributed by atoms with Crippen molar-refractivity contribution in [3.05, 3.63) is 29.3 Å². The number of hydrogen-bond acceptors (Lipinski definition) is 6. The van der Waals surface area contributed by atoms with Gasteiger partial charge in [-0.2, -0.15) is 0 Å². The Morgan fingerprint density at radius 1 is 1.36 bits per heavy atom. The smallest absolute Gasteiger partial charge is 0.526 e. The number of carbonyl (C=O) groups excluding carboxylic acids is 2. The Bertz CT molecular complexity index is 644. The molecule has 2 heterocycles. The molecule has 2 aliphatic rings. The molecule has 7 heteroatoms. The fraction of sp³-hybridized carbons (Fsp3) is 0.556. The number of carbonyl (C=O) groups is 2. The molecule has 134 valence electrons. The summed E-state index contributed by atoms with van der Waals surface area (Å²) < 4.78 is 5.61. The van der Waals surface area contributed by atoms with Gasteiger partial charge in [-0.1, -0.05) is 12.1 Å². The molecule has 0 saturated carbocycles. The highest BCUT2D eigenvalue weighted by molar-refractivity contribution is 6.47. The zero-order valence-electron chi connectivity index (χ0n) is 14.7. The molecule has 3 rings (SSSR count). The van der Waals surface area contributed by atoms with E-state index >= 15 is 0 Å². The van der Waals surface area contributed by atoms with E-state index in [1.54, 1.807) is 6.07 Å². The normalized spacial score (nSPS) is 21.2. The molecule has 1 saturated heterocycles. The second-order valence-corrected chi connectivity index (χ2v) is 6.95. The summed E-state index contributed by atoms with van der Waals surface area (Å²) in [4.78, 5) is 26.3. The number of nitrogens with zero attached hydrogens (tertiary/aromatic N) is 1. The van der Waals surface area contributed by atoms with Gasteiger partial charge in [-0.15, -0.1) is 0 Å². The first kappa shape index (κ1) is 18.1. The Morgan fingerprint density at radius 2 is 2.20 bits per heavy atom. The molecule has 0 unspecified atom stereocenters. The first-order chi connectivity index (χ1) is 12.0. The maximum atomic E-state index is 12.4. The van der Waals surface area contributed by atoms with Crippen LogP contribution in [0.5, 0.6) is 5.75 Å². The van der Waals surface area contributed by atoms with Crippen LogP contribution in [-0.4, -0.2) is 61.3 Å². The molecule has 0 amide bonds. The lowest BCUT2D eigenvalue weighted by atomic mass is 9.64. The van der Waals surface area contributed by atoms with Gasteiger partial charge in [-0.05, 0) is 44.5 Å². The predicted octanol–water partition coefficient (Wildman–Crippen LogP) is 0.929. The van der Waals surface area contributed by atoms with E-state index in [0.29, 0.717) is 24.3 Å². The Morgan fingerprint density at radius 3 is 3.00 bits per heavy atom. The summed E-state index contributed by atoms with van der Waals surface area (Å²) in [5.41, 5.74) is 1.37. The average molecular weight is 344 g/mol. The largest absolute Gasteiger partial charge is 0.535 e. The molecule has 1 aromatic carbocycles. The van der Waals surface area contributed by atoms with Crippen molar-refractivity contribution in [1.82, 2.24) is 10.2 Å². The van der Waals surface area contributed by atoms with Crippen molar-refractivity contribution in [3.8, 4) is 5.75 Å². The van der Waals surface area contributed by atoms with E-state index in [0.717, 1.165) is 38.2 Å². The van der Waals surface area contributed by atoms with Gasteiger partial charge in [0.05, 0.1) is 12.1 Å². The minimum Gasteiger partial charge on any atom is -0.535 e. The fourth-order valence-electron chi connectivity index (χ4n) is 3.60. The molecular weight excluding hydrogens is 319 g/mol. The summed E-state index contributed by atoms with van der Waals surface area (Å²) in [6, 6.07) is 5.41. The zero-order chi connectivity index (χ0) is 17.8. The number of Topliss-reactive ketones (excluding diaryl/α,β-unsaturated/α-hetero) is 2. The van der Waals surface area contributed by atoms with Crippen molar-refractivity contribution in [2.24, 2.45) is 0 Å². The molecule has 6 nitrogen and oxygen atoms in total. The number of hydrogen-bond donors (Lipinski definition) is 2. The summed E-state index contributed by atoms with van der Waals surface area (Å²) in [6.07, 6.45) is 1.88. The van der Waals surface area contributed by atoms with E-state index in [2.05, 4.69) is 10.2 Å². The second-order valence-electron chi connectivity index (χ2n) is 6.95. The Hall–Kier alpha value is -1.70. The van der Waals surface area contributed by atoms with Gasteiger partial charge in [0.1, 0.15) is 11.5 Å². The van der Waals surface area contributed by atoms with E-state index in [4.69, 9.17) is 4.65 Å². The molecule has 25 heavy (non-hydrogen) atoms.